The number of carbonyl (C=O) groups excluding carboxylic acids is 2. The summed E-state index contributed by atoms with van der Waals surface area (Å²) in [5, 5.41) is 6.59. The van der Waals surface area contributed by atoms with Crippen molar-refractivity contribution in [1.29, 1.82) is 0 Å². The number of ether oxygens (including phenoxy) is 4. The summed E-state index contributed by atoms with van der Waals surface area (Å²) in [5.41, 5.74) is 10.4. The molecule has 0 saturated carbocycles. The molecule has 0 aliphatic carbocycles. The van der Waals surface area contributed by atoms with Gasteiger partial charge >= 0.3 is 7.75 Å². The van der Waals surface area contributed by atoms with Crippen LogP contribution in [0, 0.1) is 0 Å². The van der Waals surface area contributed by atoms with Crippen LogP contribution in [-0.4, -0.2) is 53.3 Å². The number of fused-ring (bicyclic) bond motifs is 1. The van der Waals surface area contributed by atoms with Crippen molar-refractivity contribution in [3.05, 3.63) is 75.7 Å². The standard InChI is InChI=1S/C30H31N4O9PS/c1-7-42-44(37,43-8-2)33-21-13-17(10-12-22(21)38-3)29-26(20-11-9-18(16-25(20)45-29)30(36)32-34-31)27(35)19-14-23(39-4)28(41-6)24(15-19)40-5/h9-16H,7-8H2,1-6H3,(H,33,37). The number of amides is 1. The summed E-state index contributed by atoms with van der Waals surface area (Å²) in [6, 6.07) is 12.9. The molecule has 1 heterocycles. The van der Waals surface area contributed by atoms with Crippen molar-refractivity contribution in [2.75, 3.05) is 46.7 Å². The van der Waals surface area contributed by atoms with E-state index in [9.17, 15) is 14.2 Å². The van der Waals surface area contributed by atoms with Gasteiger partial charge in [-0.25, -0.2) is 4.57 Å². The Morgan fingerprint density at radius 2 is 1.51 bits per heavy atom. The molecule has 4 aromatic rings. The van der Waals surface area contributed by atoms with E-state index < -0.39 is 13.7 Å². The summed E-state index contributed by atoms with van der Waals surface area (Å²) >= 11 is 1.24. The number of thiophene rings is 1. The van der Waals surface area contributed by atoms with Crippen molar-refractivity contribution in [3.63, 3.8) is 0 Å². The van der Waals surface area contributed by atoms with E-state index in [1.54, 1.807) is 56.3 Å². The van der Waals surface area contributed by atoms with Gasteiger partial charge in [-0.1, -0.05) is 12.1 Å². The average molecular weight is 655 g/mol. The molecule has 0 unspecified atom stereocenters. The monoisotopic (exact) mass is 654 g/mol. The molecule has 0 bridgehead atoms. The van der Waals surface area contributed by atoms with Crippen LogP contribution in [0.4, 0.5) is 5.69 Å². The zero-order valence-corrected chi connectivity index (χ0v) is 27.1. The molecule has 0 atom stereocenters. The van der Waals surface area contributed by atoms with Gasteiger partial charge in [0.15, 0.2) is 17.3 Å². The molecular weight excluding hydrogens is 623 g/mol. The maximum absolute atomic E-state index is 14.4. The lowest BCUT2D eigenvalue weighted by Gasteiger charge is -2.20. The Kier molecular flexibility index (Phi) is 10.7. The molecule has 1 amide bonds. The van der Waals surface area contributed by atoms with Crippen molar-refractivity contribution < 1.29 is 42.1 Å². The molecule has 1 N–H and O–H groups in total. The van der Waals surface area contributed by atoms with E-state index in [-0.39, 0.29) is 30.1 Å². The highest BCUT2D eigenvalue weighted by atomic mass is 32.1. The van der Waals surface area contributed by atoms with Gasteiger partial charge in [0.05, 0.1) is 47.3 Å². The highest BCUT2D eigenvalue weighted by Gasteiger charge is 2.28. The number of nitrogens with zero attached hydrogens (tertiary/aromatic N) is 3. The quantitative estimate of drug-likeness (QED) is 0.0464. The Bertz CT molecular complexity index is 1820. The van der Waals surface area contributed by atoms with Gasteiger partial charge in [-0.15, -0.1) is 11.3 Å². The van der Waals surface area contributed by atoms with E-state index in [1.807, 2.05) is 0 Å². The first-order valence-electron chi connectivity index (χ1n) is 13.5. The number of anilines is 1. The summed E-state index contributed by atoms with van der Waals surface area (Å²) < 4.78 is 46.7. The largest absolute Gasteiger partial charge is 0.495 e. The predicted octanol–water partition coefficient (Wildman–Crippen LogP) is 7.88. The first kappa shape index (κ1) is 33.3. The predicted molar refractivity (Wildman–Crippen MR) is 171 cm³/mol. The van der Waals surface area contributed by atoms with E-state index in [4.69, 9.17) is 33.5 Å². The van der Waals surface area contributed by atoms with Crippen LogP contribution in [-0.2, 0) is 13.6 Å². The molecule has 0 spiro atoms. The molecule has 13 nitrogen and oxygen atoms in total. The van der Waals surface area contributed by atoms with Crippen LogP contribution in [0.25, 0.3) is 31.0 Å². The Balaban J connectivity index is 1.98. The number of hydrogen-bond donors (Lipinski definition) is 1. The van der Waals surface area contributed by atoms with E-state index in [2.05, 4.69) is 15.1 Å². The minimum atomic E-state index is -3.76. The van der Waals surface area contributed by atoms with Gasteiger partial charge in [0.25, 0.3) is 0 Å². The van der Waals surface area contributed by atoms with Crippen molar-refractivity contribution in [2.45, 2.75) is 13.8 Å². The molecule has 0 aliphatic rings. The Morgan fingerprint density at radius 1 is 0.867 bits per heavy atom. The number of methoxy groups -OCH3 is 4. The fourth-order valence-electron chi connectivity index (χ4n) is 4.64. The van der Waals surface area contributed by atoms with Gasteiger partial charge in [-0.05, 0) is 66.5 Å². The van der Waals surface area contributed by atoms with E-state index in [0.717, 1.165) is 0 Å². The number of hydrogen-bond acceptors (Lipinski definition) is 10. The van der Waals surface area contributed by atoms with Crippen molar-refractivity contribution >= 4 is 46.5 Å². The lowest BCUT2D eigenvalue weighted by molar-refractivity contribution is 0.0999. The summed E-state index contributed by atoms with van der Waals surface area (Å²) in [5.74, 6) is 0.144. The fraction of sp³-hybridized carbons (Fsp3) is 0.267. The average Bonchev–Trinajstić information content (AvgIpc) is 3.42. The van der Waals surface area contributed by atoms with Crippen molar-refractivity contribution in [1.82, 2.24) is 0 Å². The molecule has 45 heavy (non-hydrogen) atoms. The maximum Gasteiger partial charge on any atom is 0.432 e. The molecular formula is C30H31N4O9PS. The fourth-order valence-corrected chi connectivity index (χ4v) is 7.23. The minimum absolute atomic E-state index is 0.132. The first-order valence-corrected chi connectivity index (χ1v) is 15.9. The highest BCUT2D eigenvalue weighted by molar-refractivity contribution is 7.55. The number of rotatable bonds is 14. The topological polar surface area (TPSA) is 167 Å². The Morgan fingerprint density at radius 3 is 2.07 bits per heavy atom. The summed E-state index contributed by atoms with van der Waals surface area (Å²) in [6.07, 6.45) is 0. The minimum Gasteiger partial charge on any atom is -0.495 e. The normalized spacial score (nSPS) is 11.1. The van der Waals surface area contributed by atoms with Gasteiger partial charge in [0, 0.05) is 36.6 Å². The van der Waals surface area contributed by atoms with Crippen LogP contribution in [0.1, 0.15) is 40.1 Å². The van der Waals surface area contributed by atoms with Gasteiger partial charge < -0.3 is 18.9 Å². The second-order valence-electron chi connectivity index (χ2n) is 9.11. The van der Waals surface area contributed by atoms with Crippen molar-refractivity contribution in [3.8, 4) is 33.4 Å². The van der Waals surface area contributed by atoms with Crippen LogP contribution in [0.5, 0.6) is 23.0 Å². The molecule has 0 aliphatic heterocycles. The third-order valence-corrected chi connectivity index (χ3v) is 9.46. The van der Waals surface area contributed by atoms with E-state index in [1.165, 1.54) is 45.8 Å². The van der Waals surface area contributed by atoms with Crippen LogP contribution >= 0.6 is 19.1 Å². The van der Waals surface area contributed by atoms with Crippen LogP contribution in [0.15, 0.2) is 53.6 Å². The van der Waals surface area contributed by atoms with Crippen LogP contribution in [0.2, 0.25) is 0 Å². The second-order valence-corrected chi connectivity index (χ2v) is 11.9. The van der Waals surface area contributed by atoms with Crippen LogP contribution in [0.3, 0.4) is 0 Å². The molecule has 3 aromatic carbocycles. The molecule has 0 saturated heterocycles. The van der Waals surface area contributed by atoms with Crippen molar-refractivity contribution in [2.24, 2.45) is 5.11 Å². The summed E-state index contributed by atoms with van der Waals surface area (Å²) in [6.45, 7) is 3.65. The Hall–Kier alpha value is -4.58. The lowest BCUT2D eigenvalue weighted by atomic mass is 9.96. The van der Waals surface area contributed by atoms with E-state index >= 15 is 0 Å². The number of nitrogens with one attached hydrogen (secondary N) is 1. The van der Waals surface area contributed by atoms with Gasteiger partial charge in [0.2, 0.25) is 11.7 Å². The SMILES string of the molecule is CCOP(=O)(Nc1cc(-c2sc3cc(C(=O)N=[N+]=[N-])ccc3c2C(=O)c2cc(OC)c(OC)c(OC)c2)ccc1OC)OCC. The van der Waals surface area contributed by atoms with Gasteiger partial charge in [-0.2, -0.15) is 0 Å². The number of benzene rings is 3. The molecule has 15 heteroatoms. The number of ketones is 1. The molecule has 0 radical (unpaired) electrons. The maximum atomic E-state index is 14.4. The molecule has 4 rings (SSSR count). The third kappa shape index (κ3) is 6.90. The zero-order valence-electron chi connectivity index (χ0n) is 25.4. The number of carbonyl (C=O) groups is 2. The third-order valence-electron chi connectivity index (χ3n) is 6.54. The smallest absolute Gasteiger partial charge is 0.432 e. The van der Waals surface area contributed by atoms with Crippen LogP contribution < -0.4 is 24.0 Å². The molecule has 1 aromatic heterocycles. The molecule has 236 valence electrons. The van der Waals surface area contributed by atoms with E-state index in [0.29, 0.717) is 54.8 Å². The second kappa shape index (κ2) is 14.5. The van der Waals surface area contributed by atoms with Gasteiger partial charge in [0.1, 0.15) is 5.75 Å². The zero-order chi connectivity index (χ0) is 32.7. The van der Waals surface area contributed by atoms with Gasteiger partial charge in [-0.3, -0.25) is 23.7 Å². The first-order chi connectivity index (χ1) is 21.7. The highest BCUT2D eigenvalue weighted by Crippen LogP contribution is 2.51. The summed E-state index contributed by atoms with van der Waals surface area (Å²) in [4.78, 5) is 29.9. The molecule has 0 fully saturated rings. The lowest BCUT2D eigenvalue weighted by Crippen LogP contribution is -2.07. The summed E-state index contributed by atoms with van der Waals surface area (Å²) in [7, 11) is 2.08. The number of azide groups is 1. The Labute approximate surface area is 263 Å².